The Morgan fingerprint density at radius 3 is 2.30 bits per heavy atom. The first-order valence-corrected chi connectivity index (χ1v) is 8.27. The Labute approximate surface area is 140 Å². The molecule has 0 fully saturated rings. The van der Waals surface area contributed by atoms with Gasteiger partial charge in [0.15, 0.2) is 0 Å². The summed E-state index contributed by atoms with van der Waals surface area (Å²) in [6, 6.07) is 10.7. The Balaban J connectivity index is 2.17. The third-order valence-electron chi connectivity index (χ3n) is 3.38. The Hall–Kier alpha value is -2.05. The maximum atomic E-state index is 10.4. The van der Waals surface area contributed by atoms with Crippen LogP contribution in [0.5, 0.6) is 17.2 Å². The molecule has 0 radical (unpaired) electrons. The van der Waals surface area contributed by atoms with Gasteiger partial charge in [-0.05, 0) is 42.7 Å². The number of methoxy groups -OCH3 is 2. The predicted molar refractivity (Wildman–Crippen MR) is 92.6 cm³/mol. The quantitative estimate of drug-likeness (QED) is 0.598. The van der Waals surface area contributed by atoms with Gasteiger partial charge >= 0.3 is 0 Å². The largest absolute Gasteiger partial charge is 0.496 e. The van der Waals surface area contributed by atoms with Crippen molar-refractivity contribution in [1.82, 2.24) is 0 Å². The molecule has 0 saturated carbocycles. The second-order valence-electron chi connectivity index (χ2n) is 4.84. The Morgan fingerprint density at radius 1 is 1.09 bits per heavy atom. The molecule has 1 atom stereocenters. The first kappa shape index (κ1) is 17.3. The van der Waals surface area contributed by atoms with Gasteiger partial charge in [-0.2, -0.15) is 0 Å². The first-order chi connectivity index (χ1) is 11.1. The average molecular weight is 335 g/mol. The highest BCUT2D eigenvalue weighted by atomic mass is 32.2. The minimum absolute atomic E-state index is 0.0993. The molecule has 0 heterocycles. The van der Waals surface area contributed by atoms with Crippen molar-refractivity contribution in [3.05, 3.63) is 42.0 Å². The van der Waals surface area contributed by atoms with E-state index in [2.05, 4.69) is 0 Å². The molecular formula is C17H21NO4S. The molecule has 124 valence electrons. The van der Waals surface area contributed by atoms with Gasteiger partial charge in [0.2, 0.25) is 0 Å². The Bertz CT molecular complexity index is 646. The fraction of sp³-hybridized carbons (Fsp3) is 0.294. The molecule has 0 bridgehead atoms. The van der Waals surface area contributed by atoms with Gasteiger partial charge in [0.1, 0.15) is 30.0 Å². The van der Waals surface area contributed by atoms with Crippen LogP contribution in [0.25, 0.3) is 0 Å². The van der Waals surface area contributed by atoms with E-state index in [4.69, 9.17) is 19.9 Å². The third kappa shape index (κ3) is 4.24. The predicted octanol–water partition coefficient (Wildman–Crippen LogP) is 3.12. The van der Waals surface area contributed by atoms with E-state index in [9.17, 15) is 5.11 Å². The molecule has 6 heteroatoms. The number of thioether (sulfide) groups is 1. The summed E-state index contributed by atoms with van der Waals surface area (Å²) >= 11 is 1.55. The zero-order chi connectivity index (χ0) is 16.8. The first-order valence-electron chi connectivity index (χ1n) is 7.05. The standard InChI is InChI=1S/C17H21NO4S/c1-20-15-9-17(23-3)16(21-2)8-13(15)14(19)10-22-12-6-4-11(18)5-7-12/h4-9,14,19H,10,18H2,1-3H3. The van der Waals surface area contributed by atoms with Gasteiger partial charge in [-0.3, -0.25) is 0 Å². The number of hydrogen-bond donors (Lipinski definition) is 2. The SMILES string of the molecule is COc1cc(C(O)COc2ccc(N)cc2)c(OC)cc1SC. The molecule has 0 aromatic heterocycles. The minimum atomic E-state index is -0.840. The molecule has 2 aromatic rings. The van der Waals surface area contributed by atoms with Gasteiger partial charge in [0, 0.05) is 11.3 Å². The maximum Gasteiger partial charge on any atom is 0.133 e. The number of aliphatic hydroxyl groups excluding tert-OH is 1. The molecular weight excluding hydrogens is 314 g/mol. The highest BCUT2D eigenvalue weighted by Crippen LogP contribution is 2.37. The molecule has 3 N–H and O–H groups in total. The van der Waals surface area contributed by atoms with Crippen LogP contribution >= 0.6 is 11.8 Å². The Kier molecular flexibility index (Phi) is 6.01. The van der Waals surface area contributed by atoms with Crippen LogP contribution in [0, 0.1) is 0 Å². The fourth-order valence-electron chi connectivity index (χ4n) is 2.14. The smallest absolute Gasteiger partial charge is 0.133 e. The molecule has 0 aliphatic rings. The number of nitrogens with two attached hydrogens (primary N) is 1. The minimum Gasteiger partial charge on any atom is -0.496 e. The molecule has 0 aliphatic carbocycles. The van der Waals surface area contributed by atoms with E-state index in [-0.39, 0.29) is 6.61 Å². The number of hydrogen-bond acceptors (Lipinski definition) is 6. The van der Waals surface area contributed by atoms with Crippen molar-refractivity contribution in [2.75, 3.05) is 32.8 Å². The van der Waals surface area contributed by atoms with Crippen molar-refractivity contribution >= 4 is 17.4 Å². The summed E-state index contributed by atoms with van der Waals surface area (Å²) < 4.78 is 16.3. The molecule has 23 heavy (non-hydrogen) atoms. The van der Waals surface area contributed by atoms with Crippen molar-refractivity contribution < 1.29 is 19.3 Å². The second kappa shape index (κ2) is 7.99. The topological polar surface area (TPSA) is 73.9 Å². The summed E-state index contributed by atoms with van der Waals surface area (Å²) in [4.78, 5) is 0.944. The number of aliphatic hydroxyl groups is 1. The second-order valence-corrected chi connectivity index (χ2v) is 5.69. The summed E-state index contributed by atoms with van der Waals surface area (Å²) in [6.45, 7) is 0.0993. The van der Waals surface area contributed by atoms with Crippen LogP contribution in [0.1, 0.15) is 11.7 Å². The normalized spacial score (nSPS) is 11.8. The number of ether oxygens (including phenoxy) is 3. The molecule has 0 amide bonds. The van der Waals surface area contributed by atoms with Crippen molar-refractivity contribution in [2.45, 2.75) is 11.0 Å². The van der Waals surface area contributed by atoms with E-state index < -0.39 is 6.10 Å². The molecule has 2 aromatic carbocycles. The van der Waals surface area contributed by atoms with Gasteiger partial charge in [0.25, 0.3) is 0 Å². The lowest BCUT2D eigenvalue weighted by Crippen LogP contribution is -2.11. The van der Waals surface area contributed by atoms with Gasteiger partial charge in [-0.1, -0.05) is 0 Å². The molecule has 1 unspecified atom stereocenters. The van der Waals surface area contributed by atoms with Gasteiger partial charge in [-0.15, -0.1) is 11.8 Å². The van der Waals surface area contributed by atoms with E-state index >= 15 is 0 Å². The van der Waals surface area contributed by atoms with Crippen LogP contribution in [0.2, 0.25) is 0 Å². The van der Waals surface area contributed by atoms with Gasteiger partial charge in [-0.25, -0.2) is 0 Å². The van der Waals surface area contributed by atoms with E-state index in [0.29, 0.717) is 28.5 Å². The third-order valence-corrected chi connectivity index (χ3v) is 4.14. The van der Waals surface area contributed by atoms with Crippen LogP contribution in [-0.2, 0) is 0 Å². The average Bonchev–Trinajstić information content (AvgIpc) is 2.59. The molecule has 5 nitrogen and oxygen atoms in total. The van der Waals surface area contributed by atoms with E-state index in [1.807, 2.05) is 12.3 Å². The van der Waals surface area contributed by atoms with E-state index in [1.54, 1.807) is 56.3 Å². The van der Waals surface area contributed by atoms with E-state index in [1.165, 1.54) is 0 Å². The highest BCUT2D eigenvalue weighted by molar-refractivity contribution is 7.98. The van der Waals surface area contributed by atoms with Crippen LogP contribution in [0.4, 0.5) is 5.69 Å². The van der Waals surface area contributed by atoms with Crippen LogP contribution in [-0.4, -0.2) is 32.2 Å². The van der Waals surface area contributed by atoms with Crippen molar-refractivity contribution in [3.8, 4) is 17.2 Å². The fourth-order valence-corrected chi connectivity index (χ4v) is 2.71. The van der Waals surface area contributed by atoms with Crippen LogP contribution < -0.4 is 19.9 Å². The maximum absolute atomic E-state index is 10.4. The van der Waals surface area contributed by atoms with Crippen molar-refractivity contribution in [1.29, 1.82) is 0 Å². The summed E-state index contributed by atoms with van der Waals surface area (Å²) in [5.41, 5.74) is 6.92. The zero-order valence-electron chi connectivity index (χ0n) is 13.4. The molecule has 0 aliphatic heterocycles. The molecule has 0 saturated heterocycles. The highest BCUT2D eigenvalue weighted by Gasteiger charge is 2.18. The van der Waals surface area contributed by atoms with Gasteiger partial charge < -0.3 is 25.1 Å². The lowest BCUT2D eigenvalue weighted by Gasteiger charge is -2.18. The summed E-state index contributed by atoms with van der Waals surface area (Å²) in [6.07, 6.45) is 1.12. The molecule has 0 spiro atoms. The van der Waals surface area contributed by atoms with Crippen LogP contribution in [0.15, 0.2) is 41.3 Å². The van der Waals surface area contributed by atoms with Crippen molar-refractivity contribution in [2.24, 2.45) is 0 Å². The Morgan fingerprint density at radius 2 is 1.74 bits per heavy atom. The number of benzene rings is 2. The van der Waals surface area contributed by atoms with E-state index in [0.717, 1.165) is 4.90 Å². The number of anilines is 1. The lowest BCUT2D eigenvalue weighted by molar-refractivity contribution is 0.105. The number of nitrogen functional groups attached to an aromatic ring is 1. The lowest BCUT2D eigenvalue weighted by atomic mass is 10.1. The molecule has 2 rings (SSSR count). The number of rotatable bonds is 7. The zero-order valence-corrected chi connectivity index (χ0v) is 14.2. The summed E-state index contributed by atoms with van der Waals surface area (Å²) in [7, 11) is 3.17. The van der Waals surface area contributed by atoms with Gasteiger partial charge in [0.05, 0.1) is 19.1 Å². The summed E-state index contributed by atoms with van der Waals surface area (Å²) in [5.74, 6) is 1.94. The van der Waals surface area contributed by atoms with Crippen molar-refractivity contribution in [3.63, 3.8) is 0 Å². The van der Waals surface area contributed by atoms with Crippen LogP contribution in [0.3, 0.4) is 0 Å². The monoisotopic (exact) mass is 335 g/mol. The summed E-state index contributed by atoms with van der Waals surface area (Å²) in [5, 5.41) is 10.4.